The minimum atomic E-state index is -0.455. The van der Waals surface area contributed by atoms with Gasteiger partial charge in [-0.1, -0.05) is 43.3 Å². The molecule has 1 aliphatic rings. The summed E-state index contributed by atoms with van der Waals surface area (Å²) in [5, 5.41) is 6.33. The fraction of sp³-hybridized carbons (Fsp3) is 0.107. The predicted molar refractivity (Wildman–Crippen MR) is 137 cm³/mol. The molecule has 0 fully saturated rings. The van der Waals surface area contributed by atoms with Crippen LogP contribution < -0.4 is 10.6 Å². The molecule has 1 amide bonds. The highest BCUT2D eigenvalue weighted by Crippen LogP contribution is 2.38. The number of hydrogen-bond donors (Lipinski definition) is 3. The molecule has 0 unspecified atom stereocenters. The first-order valence-corrected chi connectivity index (χ1v) is 11.3. The van der Waals surface area contributed by atoms with E-state index in [4.69, 9.17) is 4.74 Å². The van der Waals surface area contributed by atoms with Crippen molar-refractivity contribution in [2.75, 3.05) is 17.7 Å². The molecule has 0 spiro atoms. The van der Waals surface area contributed by atoms with Gasteiger partial charge >= 0.3 is 5.97 Å². The number of hydrogen-bond acceptors (Lipinski definition) is 5. The van der Waals surface area contributed by atoms with E-state index in [0.717, 1.165) is 34.8 Å². The molecule has 0 saturated heterocycles. The molecule has 0 saturated carbocycles. The van der Waals surface area contributed by atoms with Gasteiger partial charge in [0, 0.05) is 23.0 Å². The van der Waals surface area contributed by atoms with Gasteiger partial charge in [-0.25, -0.2) is 9.78 Å². The highest BCUT2D eigenvalue weighted by Gasteiger charge is 2.29. The number of ether oxygens (including phenoxy) is 1. The SMILES string of the molecule is CCc1c[nH]c(-c2ccc(N/C(=C3\C(=O)Nc4cc(C(=O)OC)ccc43)c3ccccc3)cc2)n1. The average Bonchev–Trinajstić information content (AvgIpc) is 3.51. The minimum Gasteiger partial charge on any atom is -0.465 e. The average molecular weight is 465 g/mol. The van der Waals surface area contributed by atoms with Gasteiger partial charge in [0.2, 0.25) is 0 Å². The zero-order valence-electron chi connectivity index (χ0n) is 19.4. The van der Waals surface area contributed by atoms with Crippen LogP contribution in [0.2, 0.25) is 0 Å². The second-order valence-corrected chi connectivity index (χ2v) is 8.12. The highest BCUT2D eigenvalue weighted by molar-refractivity contribution is 6.37. The first kappa shape index (κ1) is 22.2. The van der Waals surface area contributed by atoms with Crippen molar-refractivity contribution in [3.05, 3.63) is 101 Å². The summed E-state index contributed by atoms with van der Waals surface area (Å²) in [5.41, 5.74) is 6.53. The number of amides is 1. The highest BCUT2D eigenvalue weighted by atomic mass is 16.5. The van der Waals surface area contributed by atoms with Gasteiger partial charge in [-0.3, -0.25) is 4.79 Å². The van der Waals surface area contributed by atoms with E-state index >= 15 is 0 Å². The van der Waals surface area contributed by atoms with E-state index in [1.807, 2.05) is 60.8 Å². The Morgan fingerprint density at radius 3 is 2.46 bits per heavy atom. The first-order chi connectivity index (χ1) is 17.1. The van der Waals surface area contributed by atoms with Crippen LogP contribution in [0.5, 0.6) is 0 Å². The lowest BCUT2D eigenvalue weighted by atomic mass is 9.99. The van der Waals surface area contributed by atoms with E-state index in [1.54, 1.807) is 18.2 Å². The van der Waals surface area contributed by atoms with Gasteiger partial charge in [-0.15, -0.1) is 0 Å². The summed E-state index contributed by atoms with van der Waals surface area (Å²) in [6.45, 7) is 2.07. The fourth-order valence-electron chi connectivity index (χ4n) is 4.09. The molecule has 0 radical (unpaired) electrons. The summed E-state index contributed by atoms with van der Waals surface area (Å²) in [7, 11) is 1.33. The van der Waals surface area contributed by atoms with Gasteiger partial charge in [0.25, 0.3) is 5.91 Å². The summed E-state index contributed by atoms with van der Waals surface area (Å²) < 4.78 is 4.81. The Bertz CT molecular complexity index is 1440. The number of nitrogens with zero attached hydrogens (tertiary/aromatic N) is 1. The molecule has 1 aliphatic heterocycles. The fourth-order valence-corrected chi connectivity index (χ4v) is 4.09. The first-order valence-electron chi connectivity index (χ1n) is 11.3. The topological polar surface area (TPSA) is 96.1 Å². The number of H-pyrrole nitrogens is 1. The lowest BCUT2D eigenvalue weighted by molar-refractivity contribution is -0.110. The van der Waals surface area contributed by atoms with Crippen LogP contribution in [0.25, 0.3) is 22.7 Å². The van der Waals surface area contributed by atoms with Gasteiger partial charge in [-0.2, -0.15) is 0 Å². The normalized spacial score (nSPS) is 13.7. The van der Waals surface area contributed by atoms with Gasteiger partial charge in [0.15, 0.2) is 0 Å². The van der Waals surface area contributed by atoms with Crippen molar-refractivity contribution < 1.29 is 14.3 Å². The second kappa shape index (κ2) is 9.30. The Balaban J connectivity index is 1.55. The van der Waals surface area contributed by atoms with Crippen molar-refractivity contribution in [1.29, 1.82) is 0 Å². The second-order valence-electron chi connectivity index (χ2n) is 8.12. The van der Waals surface area contributed by atoms with Gasteiger partial charge in [-0.05, 0) is 48.4 Å². The molecule has 3 aromatic carbocycles. The van der Waals surface area contributed by atoms with Gasteiger partial charge < -0.3 is 20.4 Å². The Labute approximate surface area is 202 Å². The molecule has 4 aromatic rings. The summed E-state index contributed by atoms with van der Waals surface area (Å²) in [6, 6.07) is 22.6. The van der Waals surface area contributed by atoms with Crippen molar-refractivity contribution in [2.45, 2.75) is 13.3 Å². The summed E-state index contributed by atoms with van der Waals surface area (Å²) in [6.07, 6.45) is 2.79. The lowest BCUT2D eigenvalue weighted by Crippen LogP contribution is -2.10. The van der Waals surface area contributed by atoms with E-state index in [2.05, 4.69) is 27.5 Å². The molecule has 174 valence electrons. The lowest BCUT2D eigenvalue weighted by Gasteiger charge is -2.15. The van der Waals surface area contributed by atoms with Crippen molar-refractivity contribution in [3.63, 3.8) is 0 Å². The third-order valence-electron chi connectivity index (χ3n) is 5.92. The number of esters is 1. The number of anilines is 2. The van der Waals surface area contributed by atoms with Crippen molar-refractivity contribution in [1.82, 2.24) is 9.97 Å². The van der Waals surface area contributed by atoms with E-state index in [0.29, 0.717) is 28.1 Å². The number of aromatic nitrogens is 2. The number of imidazole rings is 1. The monoisotopic (exact) mass is 464 g/mol. The van der Waals surface area contributed by atoms with Gasteiger partial charge in [0.1, 0.15) is 5.82 Å². The third-order valence-corrected chi connectivity index (χ3v) is 5.92. The van der Waals surface area contributed by atoms with Crippen LogP contribution in [0.1, 0.15) is 34.1 Å². The molecule has 0 bridgehead atoms. The van der Waals surface area contributed by atoms with Crippen molar-refractivity contribution in [2.24, 2.45) is 0 Å². The zero-order valence-corrected chi connectivity index (χ0v) is 19.4. The van der Waals surface area contributed by atoms with Crippen LogP contribution in [-0.2, 0) is 16.0 Å². The number of methoxy groups -OCH3 is 1. The van der Waals surface area contributed by atoms with Crippen molar-refractivity contribution in [3.8, 4) is 11.4 Å². The van der Waals surface area contributed by atoms with Crippen LogP contribution >= 0.6 is 0 Å². The van der Waals surface area contributed by atoms with Crippen LogP contribution in [0.3, 0.4) is 0 Å². The quantitative estimate of drug-likeness (QED) is 0.264. The van der Waals surface area contributed by atoms with E-state index in [1.165, 1.54) is 7.11 Å². The molecule has 0 atom stereocenters. The van der Waals surface area contributed by atoms with Crippen LogP contribution in [0.15, 0.2) is 79.0 Å². The Morgan fingerprint density at radius 2 is 1.77 bits per heavy atom. The standard InChI is InChI=1S/C28H24N4O3/c1-3-20-16-29-26(31-20)18-9-12-21(13-10-18)30-25(17-7-5-4-6-8-17)24-22-14-11-19(28(34)35-2)15-23(22)32-27(24)33/h4-16,30H,3H2,1-2H3,(H,29,31)(H,32,33)/b25-24-. The number of carbonyl (C=O) groups is 2. The van der Waals surface area contributed by atoms with Crippen LogP contribution in [0.4, 0.5) is 11.4 Å². The Morgan fingerprint density at radius 1 is 1.00 bits per heavy atom. The molecule has 0 aliphatic carbocycles. The molecule has 35 heavy (non-hydrogen) atoms. The molecular weight excluding hydrogens is 440 g/mol. The number of rotatable bonds is 6. The van der Waals surface area contributed by atoms with E-state index < -0.39 is 5.97 Å². The number of aryl methyl sites for hydroxylation is 1. The third kappa shape index (κ3) is 4.31. The largest absolute Gasteiger partial charge is 0.465 e. The van der Waals surface area contributed by atoms with Gasteiger partial charge in [0.05, 0.1) is 35.3 Å². The summed E-state index contributed by atoms with van der Waals surface area (Å²) >= 11 is 0. The maximum atomic E-state index is 13.1. The number of fused-ring (bicyclic) bond motifs is 1. The maximum Gasteiger partial charge on any atom is 0.337 e. The maximum absolute atomic E-state index is 13.1. The van der Waals surface area contributed by atoms with Crippen LogP contribution in [0, 0.1) is 0 Å². The molecule has 3 N–H and O–H groups in total. The van der Waals surface area contributed by atoms with Crippen molar-refractivity contribution >= 4 is 34.5 Å². The molecule has 5 rings (SSSR count). The number of aromatic amines is 1. The Kier molecular flexibility index (Phi) is 5.89. The Hall–Kier alpha value is -4.65. The smallest absolute Gasteiger partial charge is 0.337 e. The van der Waals surface area contributed by atoms with E-state index in [-0.39, 0.29) is 5.91 Å². The molecule has 7 nitrogen and oxygen atoms in total. The minimum absolute atomic E-state index is 0.243. The molecule has 7 heteroatoms. The molecular formula is C28H24N4O3. The number of nitrogens with one attached hydrogen (secondary N) is 3. The molecule has 1 aromatic heterocycles. The number of benzene rings is 3. The zero-order chi connectivity index (χ0) is 24.4. The summed E-state index contributed by atoms with van der Waals surface area (Å²) in [5.74, 6) is 0.122. The predicted octanol–water partition coefficient (Wildman–Crippen LogP) is 5.36. The van der Waals surface area contributed by atoms with Crippen LogP contribution in [-0.4, -0.2) is 29.0 Å². The number of carbonyl (C=O) groups excluding carboxylic acids is 2. The summed E-state index contributed by atoms with van der Waals surface area (Å²) in [4.78, 5) is 32.9. The molecule has 2 heterocycles. The van der Waals surface area contributed by atoms with E-state index in [9.17, 15) is 9.59 Å².